The van der Waals surface area contributed by atoms with E-state index in [4.69, 9.17) is 0 Å². The average Bonchev–Trinajstić information content (AvgIpc) is 2.74. The second-order valence-corrected chi connectivity index (χ2v) is 4.80. The van der Waals surface area contributed by atoms with Gasteiger partial charge in [-0.1, -0.05) is 38.6 Å². The van der Waals surface area contributed by atoms with E-state index in [1.165, 1.54) is 11.5 Å². The summed E-state index contributed by atoms with van der Waals surface area (Å²) >= 11 is 4.68. The molecule has 78 valence electrons. The molecular weight excluding hydrogens is 276 g/mol. The van der Waals surface area contributed by atoms with Gasteiger partial charge in [-0.15, -0.1) is 5.10 Å². The Morgan fingerprint density at radius 2 is 2.20 bits per heavy atom. The van der Waals surface area contributed by atoms with Crippen molar-refractivity contribution in [3.8, 4) is 0 Å². The SMILES string of the molecule is OC(Cc1ccccc1Br)c1cnns1. The largest absolute Gasteiger partial charge is 0.387 e. The molecule has 0 bridgehead atoms. The van der Waals surface area contributed by atoms with Gasteiger partial charge in [0.2, 0.25) is 0 Å². The minimum absolute atomic E-state index is 0.524. The van der Waals surface area contributed by atoms with Gasteiger partial charge < -0.3 is 5.11 Å². The minimum Gasteiger partial charge on any atom is -0.387 e. The molecule has 0 spiro atoms. The summed E-state index contributed by atoms with van der Waals surface area (Å²) in [6.45, 7) is 0. The Morgan fingerprint density at radius 1 is 1.40 bits per heavy atom. The average molecular weight is 285 g/mol. The Balaban J connectivity index is 2.13. The summed E-state index contributed by atoms with van der Waals surface area (Å²) in [7, 11) is 0. The van der Waals surface area contributed by atoms with Crippen molar-refractivity contribution >= 4 is 27.5 Å². The molecule has 0 fully saturated rings. The van der Waals surface area contributed by atoms with E-state index in [-0.39, 0.29) is 0 Å². The summed E-state index contributed by atoms with van der Waals surface area (Å²) in [6, 6.07) is 7.86. The van der Waals surface area contributed by atoms with Gasteiger partial charge in [-0.3, -0.25) is 0 Å². The van der Waals surface area contributed by atoms with Crippen molar-refractivity contribution in [1.29, 1.82) is 0 Å². The van der Waals surface area contributed by atoms with Crippen molar-refractivity contribution < 1.29 is 5.11 Å². The predicted molar refractivity (Wildman–Crippen MR) is 62.7 cm³/mol. The second-order valence-electron chi connectivity index (χ2n) is 3.13. The summed E-state index contributed by atoms with van der Waals surface area (Å²) in [4.78, 5) is 0.797. The van der Waals surface area contributed by atoms with E-state index in [0.29, 0.717) is 6.42 Å². The Labute approximate surface area is 100 Å². The van der Waals surface area contributed by atoms with Gasteiger partial charge in [-0.05, 0) is 23.2 Å². The lowest BCUT2D eigenvalue weighted by Crippen LogP contribution is -2.00. The monoisotopic (exact) mass is 284 g/mol. The van der Waals surface area contributed by atoms with Crippen LogP contribution in [0.1, 0.15) is 16.5 Å². The highest BCUT2D eigenvalue weighted by molar-refractivity contribution is 9.10. The lowest BCUT2D eigenvalue weighted by Gasteiger charge is -2.08. The molecule has 1 atom stereocenters. The van der Waals surface area contributed by atoms with E-state index in [2.05, 4.69) is 25.5 Å². The van der Waals surface area contributed by atoms with Crippen molar-refractivity contribution in [1.82, 2.24) is 9.59 Å². The smallest absolute Gasteiger partial charge is 0.0954 e. The first-order valence-electron chi connectivity index (χ1n) is 4.46. The van der Waals surface area contributed by atoms with Gasteiger partial charge in [-0.2, -0.15) is 0 Å². The fraction of sp³-hybridized carbons (Fsp3) is 0.200. The highest BCUT2D eigenvalue weighted by atomic mass is 79.9. The molecule has 0 amide bonds. The number of aliphatic hydroxyl groups is 1. The Bertz CT molecular complexity index is 433. The highest BCUT2D eigenvalue weighted by Crippen LogP contribution is 2.24. The molecule has 1 aromatic heterocycles. The summed E-state index contributed by atoms with van der Waals surface area (Å²) in [5, 5.41) is 13.6. The van der Waals surface area contributed by atoms with E-state index >= 15 is 0 Å². The van der Waals surface area contributed by atoms with Gasteiger partial charge in [0.1, 0.15) is 0 Å². The minimum atomic E-state index is -0.524. The van der Waals surface area contributed by atoms with Gasteiger partial charge in [0, 0.05) is 10.9 Å². The molecular formula is C10H9BrN2OS. The molecule has 0 saturated carbocycles. The number of aliphatic hydroxyl groups excluding tert-OH is 1. The van der Waals surface area contributed by atoms with Gasteiger partial charge in [0.05, 0.1) is 17.2 Å². The number of benzene rings is 1. The zero-order valence-electron chi connectivity index (χ0n) is 7.80. The number of hydrogen-bond acceptors (Lipinski definition) is 4. The summed E-state index contributed by atoms with van der Waals surface area (Å²) in [5.74, 6) is 0. The Morgan fingerprint density at radius 3 is 2.87 bits per heavy atom. The zero-order chi connectivity index (χ0) is 10.7. The molecule has 1 heterocycles. The molecule has 15 heavy (non-hydrogen) atoms. The van der Waals surface area contributed by atoms with Crippen LogP contribution in [0.2, 0.25) is 0 Å². The van der Waals surface area contributed by atoms with Crippen LogP contribution in [0.5, 0.6) is 0 Å². The van der Waals surface area contributed by atoms with Crippen LogP contribution in [0.4, 0.5) is 0 Å². The maximum absolute atomic E-state index is 9.90. The first-order chi connectivity index (χ1) is 7.27. The van der Waals surface area contributed by atoms with Crippen LogP contribution in [-0.2, 0) is 6.42 Å². The van der Waals surface area contributed by atoms with Crippen LogP contribution in [0, 0.1) is 0 Å². The van der Waals surface area contributed by atoms with Crippen molar-refractivity contribution in [3.63, 3.8) is 0 Å². The lowest BCUT2D eigenvalue weighted by atomic mass is 10.1. The van der Waals surface area contributed by atoms with Crippen LogP contribution in [-0.4, -0.2) is 14.7 Å². The van der Waals surface area contributed by atoms with E-state index in [9.17, 15) is 5.11 Å². The van der Waals surface area contributed by atoms with Crippen LogP contribution < -0.4 is 0 Å². The van der Waals surface area contributed by atoms with E-state index < -0.39 is 6.10 Å². The van der Waals surface area contributed by atoms with Crippen LogP contribution in [0.15, 0.2) is 34.9 Å². The van der Waals surface area contributed by atoms with Crippen molar-refractivity contribution in [3.05, 3.63) is 45.4 Å². The van der Waals surface area contributed by atoms with E-state index in [1.54, 1.807) is 6.20 Å². The lowest BCUT2D eigenvalue weighted by molar-refractivity contribution is 0.182. The molecule has 0 saturated heterocycles. The molecule has 5 heteroatoms. The van der Waals surface area contributed by atoms with Crippen LogP contribution >= 0.6 is 27.5 Å². The molecule has 0 aliphatic heterocycles. The molecule has 2 rings (SSSR count). The number of halogens is 1. The van der Waals surface area contributed by atoms with E-state index in [0.717, 1.165) is 14.9 Å². The standard InChI is InChI=1S/C10H9BrN2OS/c11-8-4-2-1-3-7(8)5-9(14)10-6-12-13-15-10/h1-4,6,9,14H,5H2. The predicted octanol–water partition coefficient (Wildman–Crippen LogP) is 2.58. The molecule has 1 N–H and O–H groups in total. The maximum atomic E-state index is 9.90. The molecule has 3 nitrogen and oxygen atoms in total. The first kappa shape index (κ1) is 10.7. The third-order valence-corrected chi connectivity index (χ3v) is 3.62. The third-order valence-electron chi connectivity index (χ3n) is 2.08. The summed E-state index contributed by atoms with van der Waals surface area (Å²) < 4.78 is 4.74. The Hall–Kier alpha value is -0.780. The molecule has 1 aromatic carbocycles. The van der Waals surface area contributed by atoms with Gasteiger partial charge >= 0.3 is 0 Å². The second kappa shape index (κ2) is 4.83. The first-order valence-corrected chi connectivity index (χ1v) is 6.02. The topological polar surface area (TPSA) is 46.0 Å². The van der Waals surface area contributed by atoms with Crippen molar-refractivity contribution in [2.75, 3.05) is 0 Å². The normalized spacial score (nSPS) is 12.7. The van der Waals surface area contributed by atoms with Gasteiger partial charge in [-0.25, -0.2) is 0 Å². The zero-order valence-corrected chi connectivity index (χ0v) is 10.2. The van der Waals surface area contributed by atoms with Gasteiger partial charge in [0.15, 0.2) is 0 Å². The molecule has 0 aliphatic carbocycles. The quantitative estimate of drug-likeness (QED) is 0.942. The van der Waals surface area contributed by atoms with Crippen LogP contribution in [0.3, 0.4) is 0 Å². The molecule has 0 radical (unpaired) electrons. The highest BCUT2D eigenvalue weighted by Gasteiger charge is 2.12. The van der Waals surface area contributed by atoms with Crippen LogP contribution in [0.25, 0.3) is 0 Å². The number of rotatable bonds is 3. The third kappa shape index (κ3) is 2.62. The molecule has 1 unspecified atom stereocenters. The Kier molecular flexibility index (Phi) is 3.45. The fourth-order valence-corrected chi connectivity index (χ4v) is 2.23. The molecule has 0 aliphatic rings. The fourth-order valence-electron chi connectivity index (χ4n) is 1.29. The maximum Gasteiger partial charge on any atom is 0.0954 e. The van der Waals surface area contributed by atoms with Gasteiger partial charge in [0.25, 0.3) is 0 Å². The summed E-state index contributed by atoms with van der Waals surface area (Å²) in [5.41, 5.74) is 1.08. The van der Waals surface area contributed by atoms with Crippen molar-refractivity contribution in [2.24, 2.45) is 0 Å². The summed E-state index contributed by atoms with van der Waals surface area (Å²) in [6.07, 6.45) is 1.65. The number of aromatic nitrogens is 2. The number of hydrogen-bond donors (Lipinski definition) is 1. The van der Waals surface area contributed by atoms with Crippen molar-refractivity contribution in [2.45, 2.75) is 12.5 Å². The molecule has 2 aromatic rings. The van der Waals surface area contributed by atoms with E-state index in [1.807, 2.05) is 24.3 Å². The number of nitrogens with zero attached hydrogens (tertiary/aromatic N) is 2.